The molecule has 0 aliphatic carbocycles. The summed E-state index contributed by atoms with van der Waals surface area (Å²) in [6, 6.07) is 15.3. The zero-order chi connectivity index (χ0) is 16.2. The third kappa shape index (κ3) is 3.05. The summed E-state index contributed by atoms with van der Waals surface area (Å²) in [6.07, 6.45) is 3.26. The largest absolute Gasteiger partial charge is 0.365 e. The maximum Gasteiger partial charge on any atom is 0.259 e. The van der Waals surface area contributed by atoms with Crippen LogP contribution in [-0.2, 0) is 4.79 Å². The Kier molecular flexibility index (Phi) is 4.04. The smallest absolute Gasteiger partial charge is 0.259 e. The third-order valence-corrected chi connectivity index (χ3v) is 4.08. The van der Waals surface area contributed by atoms with Crippen molar-refractivity contribution >= 4 is 23.3 Å². The fourth-order valence-electron chi connectivity index (χ4n) is 2.12. The molecule has 3 aromatic rings. The number of carbonyl (C=O) groups is 1. The summed E-state index contributed by atoms with van der Waals surface area (Å²) >= 11 is 1.54. The summed E-state index contributed by atoms with van der Waals surface area (Å²) in [6.45, 7) is 0. The molecule has 23 heavy (non-hydrogen) atoms. The molecule has 112 valence electrons. The lowest BCUT2D eigenvalue weighted by Crippen LogP contribution is -2.12. The van der Waals surface area contributed by atoms with Gasteiger partial charge in [-0.1, -0.05) is 24.3 Å². The molecule has 1 amide bonds. The van der Waals surface area contributed by atoms with E-state index in [1.54, 1.807) is 10.9 Å². The molecule has 0 spiro atoms. The molecular weight excluding hydrogens is 308 g/mol. The van der Waals surface area contributed by atoms with E-state index in [0.29, 0.717) is 11.3 Å². The molecule has 5 nitrogen and oxygen atoms in total. The average Bonchev–Trinajstić information content (AvgIpc) is 3.22. The number of hydrogen-bond donors (Lipinski definition) is 1. The zero-order valence-corrected chi connectivity index (χ0v) is 12.8. The van der Waals surface area contributed by atoms with Crippen LogP contribution < -0.4 is 5.73 Å². The van der Waals surface area contributed by atoms with E-state index < -0.39 is 5.91 Å². The normalized spacial score (nSPS) is 11.2. The molecule has 2 aromatic heterocycles. The molecule has 3 rings (SSSR count). The standard InChI is InChI=1S/C17H12N4OS/c18-10-12(17(19)22)9-13-11-21(14-5-2-1-3-6-14)20-16(13)15-7-4-8-23-15/h1-9,11H,(H2,19,22)/b12-9+. The van der Waals surface area contributed by atoms with Crippen LogP contribution in [0, 0.1) is 11.3 Å². The summed E-state index contributed by atoms with van der Waals surface area (Å²) in [7, 11) is 0. The fourth-order valence-corrected chi connectivity index (χ4v) is 2.86. The summed E-state index contributed by atoms with van der Waals surface area (Å²) < 4.78 is 1.72. The number of para-hydroxylation sites is 1. The van der Waals surface area contributed by atoms with Gasteiger partial charge in [0.2, 0.25) is 0 Å². The van der Waals surface area contributed by atoms with Crippen molar-refractivity contribution in [3.05, 3.63) is 65.2 Å². The first-order valence-corrected chi connectivity index (χ1v) is 7.67. The van der Waals surface area contributed by atoms with E-state index in [9.17, 15) is 4.79 Å². The zero-order valence-electron chi connectivity index (χ0n) is 12.0. The van der Waals surface area contributed by atoms with Crippen LogP contribution in [0.5, 0.6) is 0 Å². The molecule has 0 atom stereocenters. The maximum absolute atomic E-state index is 11.3. The number of hydrogen-bond acceptors (Lipinski definition) is 4. The van der Waals surface area contributed by atoms with Crippen molar-refractivity contribution in [3.8, 4) is 22.3 Å². The van der Waals surface area contributed by atoms with Gasteiger partial charge in [0.1, 0.15) is 17.3 Å². The molecule has 0 saturated carbocycles. The SMILES string of the molecule is N#C/C(=C\c1cn(-c2ccccc2)nc1-c1cccs1)C(N)=O. The topological polar surface area (TPSA) is 84.7 Å². The average molecular weight is 320 g/mol. The number of nitriles is 1. The summed E-state index contributed by atoms with van der Waals surface area (Å²) in [5.41, 5.74) is 7.40. The van der Waals surface area contributed by atoms with E-state index in [0.717, 1.165) is 10.6 Å². The van der Waals surface area contributed by atoms with Gasteiger partial charge in [-0.3, -0.25) is 4.79 Å². The third-order valence-electron chi connectivity index (χ3n) is 3.20. The lowest BCUT2D eigenvalue weighted by Gasteiger charge is -1.99. The fraction of sp³-hybridized carbons (Fsp3) is 0. The highest BCUT2D eigenvalue weighted by Crippen LogP contribution is 2.29. The van der Waals surface area contributed by atoms with Gasteiger partial charge in [0.25, 0.3) is 5.91 Å². The van der Waals surface area contributed by atoms with Crippen LogP contribution in [0.4, 0.5) is 0 Å². The Morgan fingerprint density at radius 2 is 2.04 bits per heavy atom. The minimum Gasteiger partial charge on any atom is -0.365 e. The van der Waals surface area contributed by atoms with Crippen LogP contribution in [-0.4, -0.2) is 15.7 Å². The quantitative estimate of drug-likeness (QED) is 0.592. The predicted octanol–water partition coefficient (Wildman–Crippen LogP) is 2.99. The van der Waals surface area contributed by atoms with Crippen molar-refractivity contribution in [1.82, 2.24) is 9.78 Å². The van der Waals surface area contributed by atoms with Crippen LogP contribution in [0.15, 0.2) is 59.6 Å². The predicted molar refractivity (Wildman–Crippen MR) is 89.7 cm³/mol. The number of primary amides is 1. The van der Waals surface area contributed by atoms with Gasteiger partial charge < -0.3 is 5.73 Å². The number of benzene rings is 1. The molecule has 6 heteroatoms. The highest BCUT2D eigenvalue weighted by atomic mass is 32.1. The van der Waals surface area contributed by atoms with Crippen molar-refractivity contribution in [1.29, 1.82) is 5.26 Å². The summed E-state index contributed by atoms with van der Waals surface area (Å²) in [4.78, 5) is 12.3. The van der Waals surface area contributed by atoms with Crippen molar-refractivity contribution in [2.75, 3.05) is 0 Å². The van der Waals surface area contributed by atoms with Crippen LogP contribution in [0.3, 0.4) is 0 Å². The van der Waals surface area contributed by atoms with Gasteiger partial charge in [0.05, 0.1) is 10.6 Å². The second kappa shape index (κ2) is 6.30. The van der Waals surface area contributed by atoms with Gasteiger partial charge in [0.15, 0.2) is 0 Å². The number of carbonyl (C=O) groups excluding carboxylic acids is 1. The van der Waals surface area contributed by atoms with Crippen LogP contribution in [0.1, 0.15) is 5.56 Å². The summed E-state index contributed by atoms with van der Waals surface area (Å²) in [5.74, 6) is -0.753. The highest BCUT2D eigenvalue weighted by molar-refractivity contribution is 7.13. The molecule has 0 aliphatic rings. The molecular formula is C17H12N4OS. The van der Waals surface area contributed by atoms with Crippen LogP contribution >= 0.6 is 11.3 Å². The molecule has 0 fully saturated rings. The van der Waals surface area contributed by atoms with Gasteiger partial charge in [-0.15, -0.1) is 11.3 Å². The Balaban J connectivity index is 2.16. The van der Waals surface area contributed by atoms with Crippen LogP contribution in [0.25, 0.3) is 22.3 Å². The number of rotatable bonds is 4. The highest BCUT2D eigenvalue weighted by Gasteiger charge is 2.14. The second-order valence-electron chi connectivity index (χ2n) is 4.72. The number of nitrogens with zero attached hydrogens (tertiary/aromatic N) is 3. The lowest BCUT2D eigenvalue weighted by molar-refractivity contribution is -0.114. The van der Waals surface area contributed by atoms with E-state index in [1.165, 1.54) is 17.4 Å². The molecule has 2 N–H and O–H groups in total. The van der Waals surface area contributed by atoms with E-state index in [4.69, 9.17) is 11.0 Å². The lowest BCUT2D eigenvalue weighted by atomic mass is 10.1. The Bertz CT molecular complexity index is 902. The molecule has 0 aliphatic heterocycles. The van der Waals surface area contributed by atoms with E-state index in [-0.39, 0.29) is 5.57 Å². The molecule has 2 heterocycles. The first kappa shape index (κ1) is 14.8. The van der Waals surface area contributed by atoms with Crippen LogP contribution in [0.2, 0.25) is 0 Å². The van der Waals surface area contributed by atoms with Gasteiger partial charge in [-0.2, -0.15) is 10.4 Å². The molecule has 0 unspecified atom stereocenters. The van der Waals surface area contributed by atoms with Gasteiger partial charge >= 0.3 is 0 Å². The summed E-state index contributed by atoms with van der Waals surface area (Å²) in [5, 5.41) is 15.6. The molecule has 1 aromatic carbocycles. The Morgan fingerprint density at radius 3 is 2.65 bits per heavy atom. The van der Waals surface area contributed by atoms with Crippen molar-refractivity contribution in [2.24, 2.45) is 5.73 Å². The minimum atomic E-state index is -0.753. The molecule has 0 bridgehead atoms. The number of amides is 1. The van der Waals surface area contributed by atoms with Crippen molar-refractivity contribution in [3.63, 3.8) is 0 Å². The van der Waals surface area contributed by atoms with E-state index in [2.05, 4.69) is 5.10 Å². The van der Waals surface area contributed by atoms with Gasteiger partial charge in [-0.25, -0.2) is 4.68 Å². The Labute approximate surface area is 136 Å². The van der Waals surface area contributed by atoms with E-state index >= 15 is 0 Å². The van der Waals surface area contributed by atoms with Gasteiger partial charge in [-0.05, 0) is 29.7 Å². The number of aromatic nitrogens is 2. The minimum absolute atomic E-state index is 0.101. The number of nitrogens with two attached hydrogens (primary N) is 1. The number of thiophene rings is 1. The monoisotopic (exact) mass is 320 g/mol. The first-order chi connectivity index (χ1) is 11.2. The molecule has 0 radical (unpaired) electrons. The second-order valence-corrected chi connectivity index (χ2v) is 5.67. The van der Waals surface area contributed by atoms with Crippen molar-refractivity contribution < 1.29 is 4.79 Å². The van der Waals surface area contributed by atoms with Gasteiger partial charge in [0, 0.05) is 11.8 Å². The molecule has 0 saturated heterocycles. The first-order valence-electron chi connectivity index (χ1n) is 6.79. The maximum atomic E-state index is 11.3. The Morgan fingerprint density at radius 1 is 1.26 bits per heavy atom. The van der Waals surface area contributed by atoms with E-state index in [1.807, 2.05) is 53.9 Å². The van der Waals surface area contributed by atoms with Crippen molar-refractivity contribution in [2.45, 2.75) is 0 Å². The Hall–Kier alpha value is -3.17.